The van der Waals surface area contributed by atoms with Gasteiger partial charge in [-0.1, -0.05) is 120 Å². The van der Waals surface area contributed by atoms with Gasteiger partial charge in [0, 0.05) is 12.8 Å². The van der Waals surface area contributed by atoms with E-state index >= 15 is 0 Å². The Kier molecular flexibility index (Phi) is 30.5. The Hall–Kier alpha value is -2.34. The topological polar surface area (TPSA) is 152 Å². The molecule has 10 nitrogen and oxygen atoms in total. The highest BCUT2D eigenvalue weighted by Crippen LogP contribution is 2.22. The summed E-state index contributed by atoms with van der Waals surface area (Å²) >= 11 is 0. The van der Waals surface area contributed by atoms with Crippen molar-refractivity contribution in [3.63, 3.8) is 0 Å². The third kappa shape index (κ3) is 24.8. The summed E-state index contributed by atoms with van der Waals surface area (Å²) in [6.07, 6.45) is 29.7. The monoisotopic (exact) mass is 737 g/mol. The van der Waals surface area contributed by atoms with Crippen molar-refractivity contribution in [2.75, 3.05) is 19.8 Å². The average Bonchev–Trinajstić information content (AvgIpc) is 3.14. The van der Waals surface area contributed by atoms with Gasteiger partial charge >= 0.3 is 11.9 Å². The van der Waals surface area contributed by atoms with Gasteiger partial charge in [0.2, 0.25) is 0 Å². The molecule has 0 bridgehead atoms. The van der Waals surface area contributed by atoms with Crippen LogP contribution in [0.3, 0.4) is 0 Å². The second-order valence-corrected chi connectivity index (χ2v) is 13.7. The van der Waals surface area contributed by atoms with Crippen LogP contribution in [0.15, 0.2) is 48.6 Å². The number of carbonyl (C=O) groups is 2. The second kappa shape index (κ2) is 33.2. The minimum Gasteiger partial charge on any atom is -0.462 e. The predicted molar refractivity (Wildman–Crippen MR) is 205 cm³/mol. The number of carbonyl (C=O) groups excluding carboxylic acids is 2. The lowest BCUT2D eigenvalue weighted by Gasteiger charge is -2.39. The van der Waals surface area contributed by atoms with Gasteiger partial charge < -0.3 is 39.4 Å². The normalized spacial score (nSPS) is 21.5. The highest BCUT2D eigenvalue weighted by molar-refractivity contribution is 5.70. The molecule has 0 aromatic carbocycles. The van der Waals surface area contributed by atoms with Crippen LogP contribution in [0.1, 0.15) is 149 Å². The highest BCUT2D eigenvalue weighted by Gasteiger charge is 2.44. The summed E-state index contributed by atoms with van der Waals surface area (Å²) < 4.78 is 22.0. The van der Waals surface area contributed by atoms with Crippen LogP contribution in [0.25, 0.3) is 0 Å². The zero-order chi connectivity index (χ0) is 38.1. The number of ether oxygens (including phenoxy) is 4. The number of unbranched alkanes of at least 4 members (excludes halogenated alkanes) is 13. The lowest BCUT2D eigenvalue weighted by Crippen LogP contribution is -2.59. The highest BCUT2D eigenvalue weighted by atomic mass is 16.7. The van der Waals surface area contributed by atoms with Crippen LogP contribution in [-0.2, 0) is 28.5 Å². The van der Waals surface area contributed by atoms with E-state index in [2.05, 4.69) is 62.5 Å². The van der Waals surface area contributed by atoms with E-state index in [1.165, 1.54) is 19.3 Å². The molecule has 0 aromatic heterocycles. The summed E-state index contributed by atoms with van der Waals surface area (Å²) in [6.45, 7) is 3.26. The third-order valence-corrected chi connectivity index (χ3v) is 8.92. The molecular weight excluding hydrogens is 664 g/mol. The fourth-order valence-electron chi connectivity index (χ4n) is 5.65. The van der Waals surface area contributed by atoms with Crippen LogP contribution in [0.5, 0.6) is 0 Å². The maximum atomic E-state index is 12.7. The smallest absolute Gasteiger partial charge is 0.306 e. The number of aliphatic hydroxyl groups excluding tert-OH is 4. The fraction of sp³-hybridized carbons (Fsp3) is 0.762. The molecule has 6 atom stereocenters. The van der Waals surface area contributed by atoms with E-state index in [1.807, 2.05) is 0 Å². The van der Waals surface area contributed by atoms with Crippen LogP contribution in [-0.4, -0.2) is 89.0 Å². The number of aliphatic hydroxyl groups is 4. The molecule has 4 N–H and O–H groups in total. The third-order valence-electron chi connectivity index (χ3n) is 8.92. The van der Waals surface area contributed by atoms with Crippen molar-refractivity contribution in [2.24, 2.45) is 0 Å². The van der Waals surface area contributed by atoms with Gasteiger partial charge in [0.05, 0.1) is 13.2 Å². The van der Waals surface area contributed by atoms with Crippen LogP contribution in [0, 0.1) is 0 Å². The van der Waals surface area contributed by atoms with Crippen LogP contribution in [0.4, 0.5) is 0 Å². The molecule has 0 saturated carbocycles. The predicted octanol–water partition coefficient (Wildman–Crippen LogP) is 7.71. The van der Waals surface area contributed by atoms with Crippen molar-refractivity contribution < 1.29 is 49.0 Å². The Morgan fingerprint density at radius 3 is 1.67 bits per heavy atom. The molecule has 0 spiro atoms. The molecular formula is C42H72O10. The first kappa shape index (κ1) is 47.7. The van der Waals surface area contributed by atoms with Crippen molar-refractivity contribution >= 4 is 11.9 Å². The molecule has 1 fully saturated rings. The van der Waals surface area contributed by atoms with Crippen LogP contribution < -0.4 is 0 Å². The van der Waals surface area contributed by atoms with Gasteiger partial charge in [0.15, 0.2) is 12.4 Å². The minimum absolute atomic E-state index is 0.209. The summed E-state index contributed by atoms with van der Waals surface area (Å²) in [5.41, 5.74) is 0. The Labute approximate surface area is 314 Å². The SMILES string of the molecule is CCC/C=C\C/C=C\CCCCCCCC(=O)OCC(COC1OC(CO)C(O)C(O)C1O)OC(=O)CCCCCCC/C=C\C/C=C\CCCC. The maximum absolute atomic E-state index is 12.7. The minimum atomic E-state index is -1.60. The summed E-state index contributed by atoms with van der Waals surface area (Å²) in [5.74, 6) is -0.845. The molecule has 1 heterocycles. The number of hydrogen-bond donors (Lipinski definition) is 4. The van der Waals surface area contributed by atoms with E-state index in [9.17, 15) is 30.0 Å². The van der Waals surface area contributed by atoms with Gasteiger partial charge in [-0.25, -0.2) is 0 Å². The van der Waals surface area contributed by atoms with Crippen molar-refractivity contribution in [3.05, 3.63) is 48.6 Å². The van der Waals surface area contributed by atoms with E-state index < -0.39 is 55.4 Å². The fourth-order valence-corrected chi connectivity index (χ4v) is 5.65. The number of hydrogen-bond acceptors (Lipinski definition) is 10. The van der Waals surface area contributed by atoms with Crippen molar-refractivity contribution in [1.29, 1.82) is 0 Å². The Morgan fingerprint density at radius 2 is 1.12 bits per heavy atom. The van der Waals surface area contributed by atoms with Crippen molar-refractivity contribution in [2.45, 2.75) is 185 Å². The Morgan fingerprint density at radius 1 is 0.596 bits per heavy atom. The average molecular weight is 737 g/mol. The molecule has 10 heteroatoms. The van der Waals surface area contributed by atoms with E-state index in [-0.39, 0.29) is 26.1 Å². The van der Waals surface area contributed by atoms with Gasteiger partial charge in [-0.2, -0.15) is 0 Å². The second-order valence-electron chi connectivity index (χ2n) is 13.7. The molecule has 0 amide bonds. The van der Waals surface area contributed by atoms with Crippen molar-refractivity contribution in [3.8, 4) is 0 Å². The molecule has 0 aromatic rings. The zero-order valence-corrected chi connectivity index (χ0v) is 32.3. The quantitative estimate of drug-likeness (QED) is 0.0307. The standard InChI is InChI=1S/C42H72O10/c1-3-5-7-9-11-13-15-17-19-21-23-25-27-29-31-38(45)51-35(34-50-42-41(48)40(47)39(46)36(32-43)52-42)33-49-37(44)30-28-26-24-22-20-18-16-14-12-10-8-6-4-2/h8-11,14-17,35-36,39-43,46-48H,3-7,12-13,18-34H2,1-2H3/b10-8-,11-9-,16-14-,17-15-. The van der Waals surface area contributed by atoms with Crippen LogP contribution in [0.2, 0.25) is 0 Å². The maximum Gasteiger partial charge on any atom is 0.306 e. The first-order chi connectivity index (χ1) is 25.3. The zero-order valence-electron chi connectivity index (χ0n) is 32.3. The van der Waals surface area contributed by atoms with E-state index in [4.69, 9.17) is 18.9 Å². The molecule has 1 aliphatic heterocycles. The molecule has 52 heavy (non-hydrogen) atoms. The largest absolute Gasteiger partial charge is 0.462 e. The van der Waals surface area contributed by atoms with Gasteiger partial charge in [-0.15, -0.1) is 0 Å². The number of allylic oxidation sites excluding steroid dienone is 8. The Bertz CT molecular complexity index is 991. The van der Waals surface area contributed by atoms with Gasteiger partial charge in [0.1, 0.15) is 31.0 Å². The molecule has 1 aliphatic rings. The number of rotatable bonds is 32. The van der Waals surface area contributed by atoms with E-state index in [1.54, 1.807) is 0 Å². The lowest BCUT2D eigenvalue weighted by atomic mass is 9.99. The first-order valence-electron chi connectivity index (χ1n) is 20.2. The van der Waals surface area contributed by atoms with E-state index in [0.29, 0.717) is 12.8 Å². The van der Waals surface area contributed by atoms with E-state index in [0.717, 1.165) is 89.9 Å². The molecule has 0 aliphatic carbocycles. The summed E-state index contributed by atoms with van der Waals surface area (Å²) in [4.78, 5) is 25.2. The van der Waals surface area contributed by atoms with Crippen molar-refractivity contribution in [1.82, 2.24) is 0 Å². The first-order valence-corrected chi connectivity index (χ1v) is 20.2. The summed E-state index contributed by atoms with van der Waals surface area (Å²) in [6, 6.07) is 0. The summed E-state index contributed by atoms with van der Waals surface area (Å²) in [7, 11) is 0. The lowest BCUT2D eigenvalue weighted by molar-refractivity contribution is -0.305. The molecule has 6 unspecified atom stereocenters. The van der Waals surface area contributed by atoms with Gasteiger partial charge in [-0.05, 0) is 64.2 Å². The Balaban J connectivity index is 2.41. The molecule has 0 radical (unpaired) electrons. The van der Waals surface area contributed by atoms with Gasteiger partial charge in [0.25, 0.3) is 0 Å². The molecule has 300 valence electrons. The number of esters is 2. The summed E-state index contributed by atoms with van der Waals surface area (Å²) in [5, 5.41) is 39.9. The van der Waals surface area contributed by atoms with Crippen LogP contribution >= 0.6 is 0 Å². The van der Waals surface area contributed by atoms with Gasteiger partial charge in [-0.3, -0.25) is 9.59 Å². The molecule has 1 rings (SSSR count). The molecule has 1 saturated heterocycles.